The molecule has 0 amide bonds. The van der Waals surface area contributed by atoms with E-state index in [-0.39, 0.29) is 27.2 Å². The average molecular weight is 405 g/mol. The number of nitrogens with zero attached hydrogens (tertiary/aromatic N) is 3. The van der Waals surface area contributed by atoms with Crippen molar-refractivity contribution in [1.82, 2.24) is 13.3 Å². The normalized spacial score (nSPS) is 12.1. The Labute approximate surface area is 156 Å². The topological polar surface area (TPSA) is 102 Å². The molecule has 0 radical (unpaired) electrons. The largest absolute Gasteiger partial charge is 0.481 e. The molecule has 10 heteroatoms. The Morgan fingerprint density at radius 3 is 2.81 bits per heavy atom. The summed E-state index contributed by atoms with van der Waals surface area (Å²) in [7, 11) is -4.16. The van der Waals surface area contributed by atoms with E-state index in [4.69, 9.17) is 0 Å². The smallest absolute Gasteiger partial charge is 0.307 e. The summed E-state index contributed by atoms with van der Waals surface area (Å²) in [5, 5.41) is 9.64. The van der Waals surface area contributed by atoms with E-state index < -0.39 is 28.2 Å². The van der Waals surface area contributed by atoms with E-state index >= 15 is 0 Å². The van der Waals surface area contributed by atoms with E-state index in [0.717, 1.165) is 27.6 Å². The van der Waals surface area contributed by atoms with Gasteiger partial charge in [0.2, 0.25) is 0 Å². The zero-order chi connectivity index (χ0) is 19.3. The number of carbonyl (C=O) groups is 1. The van der Waals surface area contributed by atoms with E-state index in [9.17, 15) is 22.7 Å². The molecule has 0 saturated carbocycles. The molecule has 1 aromatic carbocycles. The van der Waals surface area contributed by atoms with Gasteiger partial charge in [-0.2, -0.15) is 12.8 Å². The Bertz CT molecular complexity index is 1320. The minimum absolute atomic E-state index is 0.181. The van der Waals surface area contributed by atoms with Crippen molar-refractivity contribution in [2.24, 2.45) is 0 Å². The number of carboxylic acid groups (broad SMARTS) is 1. The number of fused-ring (bicyclic) bond motifs is 2. The van der Waals surface area contributed by atoms with Gasteiger partial charge in [0.25, 0.3) is 10.0 Å². The molecule has 0 bridgehead atoms. The minimum Gasteiger partial charge on any atom is -0.481 e. The van der Waals surface area contributed by atoms with Crippen LogP contribution in [0.25, 0.3) is 21.0 Å². The highest BCUT2D eigenvalue weighted by atomic mass is 32.2. The minimum atomic E-state index is -4.16. The third kappa shape index (κ3) is 2.68. The third-order valence-corrected chi connectivity index (χ3v) is 6.83. The lowest BCUT2D eigenvalue weighted by Gasteiger charge is -2.10. The Morgan fingerprint density at radius 1 is 1.30 bits per heavy atom. The molecule has 27 heavy (non-hydrogen) atoms. The van der Waals surface area contributed by atoms with E-state index in [1.54, 1.807) is 6.07 Å². The summed E-state index contributed by atoms with van der Waals surface area (Å²) in [4.78, 5) is 15.3. The molecule has 0 aliphatic carbocycles. The van der Waals surface area contributed by atoms with Crippen LogP contribution >= 0.6 is 11.5 Å². The summed E-state index contributed by atoms with van der Waals surface area (Å²) in [5.41, 5.74) is 0.656. The van der Waals surface area contributed by atoms with Gasteiger partial charge < -0.3 is 5.11 Å². The molecular formula is C17H12FN3O4S2. The van der Waals surface area contributed by atoms with Gasteiger partial charge in [-0.25, -0.2) is 13.3 Å². The molecule has 3 aromatic heterocycles. The lowest BCUT2D eigenvalue weighted by molar-refractivity contribution is -0.136. The maximum atomic E-state index is 13.8. The maximum absolute atomic E-state index is 13.8. The molecule has 7 nitrogen and oxygen atoms in total. The highest BCUT2D eigenvalue weighted by Crippen LogP contribution is 2.33. The number of halogens is 1. The number of pyridine rings is 1. The van der Waals surface area contributed by atoms with Gasteiger partial charge in [0.15, 0.2) is 5.03 Å². The zero-order valence-corrected chi connectivity index (χ0v) is 15.5. The molecule has 1 N–H and O–H groups in total. The lowest BCUT2D eigenvalue weighted by atomic mass is 10.1. The number of hydrogen-bond acceptors (Lipinski definition) is 6. The second-order valence-electron chi connectivity index (χ2n) is 5.92. The number of aromatic nitrogens is 3. The van der Waals surface area contributed by atoms with Crippen LogP contribution in [-0.2, 0) is 21.2 Å². The van der Waals surface area contributed by atoms with Crippen LogP contribution in [0.3, 0.4) is 0 Å². The van der Waals surface area contributed by atoms with Gasteiger partial charge in [0.05, 0.1) is 28.2 Å². The third-order valence-electron chi connectivity index (χ3n) is 4.30. The van der Waals surface area contributed by atoms with Gasteiger partial charge in [-0.1, -0.05) is 0 Å². The van der Waals surface area contributed by atoms with Crippen molar-refractivity contribution >= 4 is 48.5 Å². The summed E-state index contributed by atoms with van der Waals surface area (Å²) >= 11 is 1.15. The summed E-state index contributed by atoms with van der Waals surface area (Å²) < 4.78 is 46.3. The van der Waals surface area contributed by atoms with Crippen molar-refractivity contribution in [3.63, 3.8) is 0 Å². The molecule has 0 aliphatic heterocycles. The highest BCUT2D eigenvalue weighted by molar-refractivity contribution is 7.90. The van der Waals surface area contributed by atoms with Crippen LogP contribution in [0, 0.1) is 12.7 Å². The van der Waals surface area contributed by atoms with Crippen molar-refractivity contribution in [1.29, 1.82) is 0 Å². The average Bonchev–Trinajstić information content (AvgIpc) is 3.18. The van der Waals surface area contributed by atoms with Gasteiger partial charge in [-0.3, -0.25) is 4.79 Å². The van der Waals surface area contributed by atoms with Crippen LogP contribution in [0.1, 0.15) is 11.3 Å². The Hall–Kier alpha value is -2.85. The summed E-state index contributed by atoms with van der Waals surface area (Å²) in [6, 6.07) is 5.27. The molecule has 0 atom stereocenters. The number of carboxylic acids is 1. The Balaban J connectivity index is 2.08. The second-order valence-corrected chi connectivity index (χ2v) is 8.45. The standard InChI is InChI=1S/C17H12FN3O4S2/c1-9-11(7-16(22)23)12-6-10(18)2-3-14(12)21(9)27(24,25)17-13-8-20-26-15(13)4-5-19-17/h2-6,8H,7H2,1H3,(H,22,23). The fraction of sp³-hybridized carbons (Fsp3) is 0.118. The molecule has 0 spiro atoms. The van der Waals surface area contributed by atoms with E-state index in [1.165, 1.54) is 25.4 Å². The maximum Gasteiger partial charge on any atom is 0.307 e. The highest BCUT2D eigenvalue weighted by Gasteiger charge is 2.28. The van der Waals surface area contributed by atoms with Gasteiger partial charge in [-0.05, 0) is 48.3 Å². The predicted octanol–water partition coefficient (Wildman–Crippen LogP) is 2.96. The first-order chi connectivity index (χ1) is 12.8. The molecular weight excluding hydrogens is 393 g/mol. The van der Waals surface area contributed by atoms with Gasteiger partial charge >= 0.3 is 5.97 Å². The first kappa shape index (κ1) is 17.6. The lowest BCUT2D eigenvalue weighted by Crippen LogP contribution is -2.16. The first-order valence-electron chi connectivity index (χ1n) is 7.77. The second kappa shape index (κ2) is 6.10. The van der Waals surface area contributed by atoms with Crippen LogP contribution in [-0.4, -0.2) is 32.8 Å². The fourth-order valence-electron chi connectivity index (χ4n) is 3.17. The quantitative estimate of drug-likeness (QED) is 0.560. The van der Waals surface area contributed by atoms with Crippen molar-refractivity contribution < 1.29 is 22.7 Å². The van der Waals surface area contributed by atoms with Crippen molar-refractivity contribution in [2.45, 2.75) is 18.4 Å². The van der Waals surface area contributed by atoms with Crippen LogP contribution in [0.15, 0.2) is 41.7 Å². The molecule has 0 fully saturated rings. The molecule has 4 aromatic rings. The Kier molecular flexibility index (Phi) is 3.97. The Morgan fingerprint density at radius 2 is 2.07 bits per heavy atom. The van der Waals surface area contributed by atoms with Crippen LogP contribution in [0.5, 0.6) is 0 Å². The number of hydrogen-bond donors (Lipinski definition) is 1. The molecule has 3 heterocycles. The van der Waals surface area contributed by atoms with Crippen LogP contribution in [0.2, 0.25) is 0 Å². The van der Waals surface area contributed by atoms with E-state index in [0.29, 0.717) is 10.1 Å². The van der Waals surface area contributed by atoms with E-state index in [1.807, 2.05) is 0 Å². The predicted molar refractivity (Wildman–Crippen MR) is 98.0 cm³/mol. The number of aliphatic carboxylic acids is 1. The van der Waals surface area contributed by atoms with Crippen LogP contribution in [0.4, 0.5) is 4.39 Å². The molecule has 0 aliphatic rings. The molecule has 0 saturated heterocycles. The van der Waals surface area contributed by atoms with E-state index in [2.05, 4.69) is 9.36 Å². The molecule has 0 unspecified atom stereocenters. The number of rotatable bonds is 4. The SMILES string of the molecule is Cc1c(CC(=O)O)c2cc(F)ccc2n1S(=O)(=O)c1nccc2sncc12. The fourth-order valence-corrected chi connectivity index (χ4v) is 5.58. The zero-order valence-electron chi connectivity index (χ0n) is 13.9. The monoisotopic (exact) mass is 405 g/mol. The molecule has 138 valence electrons. The summed E-state index contributed by atoms with van der Waals surface area (Å²) in [6.45, 7) is 1.50. The van der Waals surface area contributed by atoms with Crippen molar-refractivity contribution in [2.75, 3.05) is 0 Å². The van der Waals surface area contributed by atoms with Gasteiger partial charge in [0.1, 0.15) is 5.82 Å². The number of benzene rings is 1. The van der Waals surface area contributed by atoms with Gasteiger partial charge in [0, 0.05) is 17.3 Å². The summed E-state index contributed by atoms with van der Waals surface area (Å²) in [6.07, 6.45) is 2.39. The molecule has 4 rings (SSSR count). The first-order valence-corrected chi connectivity index (χ1v) is 9.98. The van der Waals surface area contributed by atoms with Crippen LogP contribution < -0.4 is 0 Å². The summed E-state index contributed by atoms with van der Waals surface area (Å²) in [5.74, 6) is -1.72. The van der Waals surface area contributed by atoms with Crippen molar-refractivity contribution in [3.05, 3.63) is 53.7 Å². The van der Waals surface area contributed by atoms with Gasteiger partial charge in [-0.15, -0.1) is 0 Å². The van der Waals surface area contributed by atoms with Crippen molar-refractivity contribution in [3.8, 4) is 0 Å².